The Balaban J connectivity index is 1.45. The highest BCUT2D eigenvalue weighted by molar-refractivity contribution is 7.89. The minimum Gasteiger partial charge on any atom is -0.403 e. The van der Waals surface area contributed by atoms with Gasteiger partial charge in [0.25, 0.3) is 0 Å². The summed E-state index contributed by atoms with van der Waals surface area (Å²) in [6.45, 7) is 2.41. The fourth-order valence-corrected chi connectivity index (χ4v) is 3.96. The first-order valence-corrected chi connectivity index (χ1v) is 10.3. The fraction of sp³-hybridized carbons (Fsp3) is 0.529. The molecule has 0 saturated heterocycles. The summed E-state index contributed by atoms with van der Waals surface area (Å²) < 4.78 is 31.7. The molecule has 25 heavy (non-hydrogen) atoms. The Hall–Kier alpha value is -1.93. The van der Waals surface area contributed by atoms with E-state index in [4.69, 9.17) is 4.42 Å². The molecule has 1 aliphatic carbocycles. The largest absolute Gasteiger partial charge is 0.403 e. The number of sulfonamides is 1. The minimum atomic E-state index is -3.11. The van der Waals surface area contributed by atoms with E-state index in [1.807, 2.05) is 30.3 Å². The van der Waals surface area contributed by atoms with Crippen molar-refractivity contribution in [2.24, 2.45) is 5.92 Å². The topological polar surface area (TPSA) is 97.1 Å². The first kappa shape index (κ1) is 17.9. The predicted molar refractivity (Wildman–Crippen MR) is 96.6 cm³/mol. The van der Waals surface area contributed by atoms with Crippen LogP contribution in [0, 0.1) is 5.92 Å². The maximum Gasteiger partial charge on any atom is 0.315 e. The molecule has 1 aromatic heterocycles. The van der Waals surface area contributed by atoms with Gasteiger partial charge in [-0.25, -0.2) is 13.1 Å². The summed E-state index contributed by atoms with van der Waals surface area (Å²) >= 11 is 0. The summed E-state index contributed by atoms with van der Waals surface area (Å²) in [5.74, 6) is 1.12. The van der Waals surface area contributed by atoms with Gasteiger partial charge in [-0.3, -0.25) is 0 Å². The first-order chi connectivity index (χ1) is 12.1. The van der Waals surface area contributed by atoms with Gasteiger partial charge in [0.2, 0.25) is 15.9 Å². The molecule has 2 N–H and O–H groups in total. The number of hydrogen-bond donors (Lipinski definition) is 2. The fourth-order valence-electron chi connectivity index (χ4n) is 3.05. The zero-order chi connectivity index (χ0) is 17.7. The molecule has 3 rings (SSSR count). The summed E-state index contributed by atoms with van der Waals surface area (Å²) in [5.41, 5.74) is 0.895. The van der Waals surface area contributed by atoms with Crippen molar-refractivity contribution in [1.82, 2.24) is 14.9 Å². The van der Waals surface area contributed by atoms with Crippen LogP contribution in [0.2, 0.25) is 0 Å². The molecule has 1 fully saturated rings. The lowest BCUT2D eigenvalue weighted by atomic mass is 9.86. The van der Waals surface area contributed by atoms with Crippen LogP contribution in [0.4, 0.5) is 6.01 Å². The van der Waals surface area contributed by atoms with E-state index in [-0.39, 0.29) is 11.8 Å². The monoisotopic (exact) mass is 364 g/mol. The second kappa shape index (κ2) is 7.97. The van der Waals surface area contributed by atoms with Gasteiger partial charge in [-0.1, -0.05) is 23.3 Å². The highest BCUT2D eigenvalue weighted by atomic mass is 32.2. The van der Waals surface area contributed by atoms with E-state index in [9.17, 15) is 8.42 Å². The average molecular weight is 364 g/mol. The number of aromatic nitrogens is 2. The van der Waals surface area contributed by atoms with Crippen molar-refractivity contribution in [1.29, 1.82) is 0 Å². The normalized spacial score (nSPS) is 21.2. The van der Waals surface area contributed by atoms with E-state index < -0.39 is 10.0 Å². The van der Waals surface area contributed by atoms with Crippen molar-refractivity contribution in [3.63, 3.8) is 0 Å². The first-order valence-electron chi connectivity index (χ1n) is 8.68. The van der Waals surface area contributed by atoms with Crippen LogP contribution in [-0.2, 0) is 10.0 Å². The second-order valence-corrected chi connectivity index (χ2v) is 8.44. The molecule has 1 aliphatic rings. The van der Waals surface area contributed by atoms with Crippen LogP contribution in [0.3, 0.4) is 0 Å². The Morgan fingerprint density at radius 1 is 1.12 bits per heavy atom. The summed E-state index contributed by atoms with van der Waals surface area (Å²) in [6, 6.07) is 10.1. The van der Waals surface area contributed by atoms with E-state index in [1.165, 1.54) is 0 Å². The molecular weight excluding hydrogens is 340 g/mol. The van der Waals surface area contributed by atoms with Crippen molar-refractivity contribution in [2.45, 2.75) is 38.6 Å². The summed E-state index contributed by atoms with van der Waals surface area (Å²) in [5, 5.41) is 11.3. The molecule has 2 aromatic rings. The lowest BCUT2D eigenvalue weighted by Gasteiger charge is -2.28. The molecule has 136 valence electrons. The molecule has 0 atom stereocenters. The Morgan fingerprint density at radius 3 is 2.52 bits per heavy atom. The Bertz CT molecular complexity index is 768. The summed E-state index contributed by atoms with van der Waals surface area (Å²) in [6.07, 6.45) is 3.68. The van der Waals surface area contributed by atoms with Gasteiger partial charge in [-0.2, -0.15) is 0 Å². The van der Waals surface area contributed by atoms with Gasteiger partial charge in [0.05, 0.1) is 5.75 Å². The van der Waals surface area contributed by atoms with Crippen LogP contribution in [0.1, 0.15) is 32.6 Å². The summed E-state index contributed by atoms with van der Waals surface area (Å²) in [4.78, 5) is 0. The van der Waals surface area contributed by atoms with E-state index in [0.29, 0.717) is 17.8 Å². The maximum atomic E-state index is 11.6. The smallest absolute Gasteiger partial charge is 0.315 e. The Kier molecular flexibility index (Phi) is 5.70. The molecule has 0 unspecified atom stereocenters. The van der Waals surface area contributed by atoms with Gasteiger partial charge < -0.3 is 9.73 Å². The van der Waals surface area contributed by atoms with Gasteiger partial charge in [-0.15, -0.1) is 5.10 Å². The van der Waals surface area contributed by atoms with Gasteiger partial charge in [0, 0.05) is 18.2 Å². The van der Waals surface area contributed by atoms with Crippen LogP contribution in [0.5, 0.6) is 0 Å². The van der Waals surface area contributed by atoms with Crippen LogP contribution < -0.4 is 10.0 Å². The van der Waals surface area contributed by atoms with Gasteiger partial charge in [0.1, 0.15) is 0 Å². The van der Waals surface area contributed by atoms with Crippen molar-refractivity contribution >= 4 is 16.0 Å². The number of hydrogen-bond acceptors (Lipinski definition) is 6. The molecule has 0 spiro atoms. The standard InChI is InChI=1S/C17H24N4O3S/c1-2-25(22,23)21-15-10-8-13(9-11-15)12-18-17-20-19-16(24-17)14-6-4-3-5-7-14/h3-7,13,15,21H,2,8-12H2,1H3,(H,18,20). The molecular formula is C17H24N4O3S. The number of nitrogens with one attached hydrogen (secondary N) is 2. The molecule has 0 amide bonds. The highest BCUT2D eigenvalue weighted by Gasteiger charge is 2.24. The quantitative estimate of drug-likeness (QED) is 0.784. The third-order valence-electron chi connectivity index (χ3n) is 4.56. The van der Waals surface area contributed by atoms with E-state index >= 15 is 0 Å². The molecule has 8 heteroatoms. The minimum absolute atomic E-state index is 0.0642. The molecule has 0 radical (unpaired) electrons. The third-order valence-corrected chi connectivity index (χ3v) is 6.01. The van der Waals surface area contributed by atoms with Gasteiger partial charge >= 0.3 is 6.01 Å². The van der Waals surface area contributed by atoms with E-state index in [1.54, 1.807) is 6.92 Å². The SMILES string of the molecule is CCS(=O)(=O)NC1CCC(CNc2nnc(-c3ccccc3)o2)CC1. The number of nitrogens with zero attached hydrogens (tertiary/aromatic N) is 2. The lowest BCUT2D eigenvalue weighted by molar-refractivity contribution is 0.322. The second-order valence-electron chi connectivity index (χ2n) is 6.40. The van der Waals surface area contributed by atoms with Gasteiger partial charge in [-0.05, 0) is 50.7 Å². The number of anilines is 1. The maximum absolute atomic E-state index is 11.6. The van der Waals surface area contributed by atoms with Crippen LogP contribution >= 0.6 is 0 Å². The predicted octanol–water partition coefficient (Wildman–Crippen LogP) is 2.65. The molecule has 0 bridgehead atoms. The highest BCUT2D eigenvalue weighted by Crippen LogP contribution is 2.26. The molecule has 1 saturated carbocycles. The Morgan fingerprint density at radius 2 is 1.84 bits per heavy atom. The summed E-state index contributed by atoms with van der Waals surface area (Å²) in [7, 11) is -3.11. The van der Waals surface area contributed by atoms with Crippen molar-refractivity contribution in [3.05, 3.63) is 30.3 Å². The molecule has 1 heterocycles. The number of benzene rings is 1. The van der Waals surface area contributed by atoms with E-state index in [2.05, 4.69) is 20.2 Å². The molecule has 7 nitrogen and oxygen atoms in total. The average Bonchev–Trinajstić information content (AvgIpc) is 3.11. The zero-order valence-corrected chi connectivity index (χ0v) is 15.1. The van der Waals surface area contributed by atoms with Crippen LogP contribution in [0.15, 0.2) is 34.7 Å². The zero-order valence-electron chi connectivity index (χ0n) is 14.3. The Labute approximate surface area is 148 Å². The van der Waals surface area contributed by atoms with Crippen molar-refractivity contribution < 1.29 is 12.8 Å². The number of rotatable bonds is 7. The van der Waals surface area contributed by atoms with E-state index in [0.717, 1.165) is 37.8 Å². The third kappa shape index (κ3) is 5.02. The van der Waals surface area contributed by atoms with Crippen LogP contribution in [0.25, 0.3) is 11.5 Å². The lowest BCUT2D eigenvalue weighted by Crippen LogP contribution is -2.39. The van der Waals surface area contributed by atoms with Crippen molar-refractivity contribution in [2.75, 3.05) is 17.6 Å². The van der Waals surface area contributed by atoms with Crippen molar-refractivity contribution in [3.8, 4) is 11.5 Å². The van der Waals surface area contributed by atoms with Crippen LogP contribution in [-0.4, -0.2) is 37.0 Å². The molecule has 1 aromatic carbocycles. The van der Waals surface area contributed by atoms with Gasteiger partial charge in [0.15, 0.2) is 0 Å². The molecule has 0 aliphatic heterocycles.